The van der Waals surface area contributed by atoms with E-state index in [9.17, 15) is 13.6 Å². The van der Waals surface area contributed by atoms with E-state index < -0.39 is 0 Å². The number of carbonyl (C=O) groups excluding carboxylic acids is 1. The second-order valence-electron chi connectivity index (χ2n) is 7.65. The maximum atomic E-state index is 13.5. The molecule has 0 bridgehead atoms. The van der Waals surface area contributed by atoms with Gasteiger partial charge < -0.3 is 4.90 Å². The molecule has 5 heteroatoms. The Morgan fingerprint density at radius 2 is 1.27 bits per heavy atom. The predicted octanol–water partition coefficient (Wildman–Crippen LogP) is 4.82. The van der Waals surface area contributed by atoms with E-state index in [1.807, 2.05) is 36.1 Å². The van der Waals surface area contributed by atoms with Crippen LogP contribution in [-0.4, -0.2) is 41.9 Å². The van der Waals surface area contributed by atoms with E-state index in [2.05, 4.69) is 4.90 Å². The Morgan fingerprint density at radius 1 is 0.767 bits per heavy atom. The number of hydrogen-bond acceptors (Lipinski definition) is 2. The van der Waals surface area contributed by atoms with E-state index >= 15 is 0 Å². The van der Waals surface area contributed by atoms with Crippen LogP contribution in [0.25, 0.3) is 0 Å². The van der Waals surface area contributed by atoms with Gasteiger partial charge in [0.2, 0.25) is 0 Å². The van der Waals surface area contributed by atoms with Crippen LogP contribution in [0.15, 0.2) is 72.8 Å². The Labute approximate surface area is 175 Å². The van der Waals surface area contributed by atoms with Gasteiger partial charge in [0.25, 0.3) is 5.91 Å². The third-order valence-electron chi connectivity index (χ3n) is 5.71. The van der Waals surface area contributed by atoms with Crippen LogP contribution in [-0.2, 0) is 0 Å². The van der Waals surface area contributed by atoms with Gasteiger partial charge in [-0.3, -0.25) is 9.69 Å². The number of amides is 1. The summed E-state index contributed by atoms with van der Waals surface area (Å²) in [6.07, 6.45) is 0. The summed E-state index contributed by atoms with van der Waals surface area (Å²) in [5.74, 6) is -0.525. The van der Waals surface area contributed by atoms with E-state index in [4.69, 9.17) is 0 Å². The summed E-state index contributed by atoms with van der Waals surface area (Å²) in [7, 11) is 0. The zero-order valence-electron chi connectivity index (χ0n) is 16.9. The van der Waals surface area contributed by atoms with Gasteiger partial charge in [-0.2, -0.15) is 0 Å². The maximum absolute atomic E-state index is 13.5. The smallest absolute Gasteiger partial charge is 0.254 e. The van der Waals surface area contributed by atoms with Crippen LogP contribution >= 0.6 is 0 Å². The third kappa shape index (κ3) is 4.26. The molecule has 0 N–H and O–H groups in total. The normalized spacial score (nSPS) is 14.9. The number of hydrogen-bond donors (Lipinski definition) is 0. The van der Waals surface area contributed by atoms with Crippen molar-refractivity contribution in [3.8, 4) is 0 Å². The molecule has 1 heterocycles. The third-order valence-corrected chi connectivity index (χ3v) is 5.71. The van der Waals surface area contributed by atoms with Gasteiger partial charge in [-0.05, 0) is 53.9 Å². The minimum absolute atomic E-state index is 0.0489. The lowest BCUT2D eigenvalue weighted by atomic mass is 9.96. The number of aryl methyl sites for hydroxylation is 1. The van der Waals surface area contributed by atoms with Gasteiger partial charge in [0, 0.05) is 31.7 Å². The molecular weight excluding hydrogens is 382 g/mol. The van der Waals surface area contributed by atoms with Crippen molar-refractivity contribution >= 4 is 5.91 Å². The van der Waals surface area contributed by atoms with E-state index in [0.29, 0.717) is 26.2 Å². The summed E-state index contributed by atoms with van der Waals surface area (Å²) >= 11 is 0. The van der Waals surface area contributed by atoms with Crippen LogP contribution in [0.3, 0.4) is 0 Å². The van der Waals surface area contributed by atoms with Gasteiger partial charge >= 0.3 is 0 Å². The Bertz CT molecular complexity index is 965. The maximum Gasteiger partial charge on any atom is 0.254 e. The molecule has 1 fully saturated rings. The molecule has 0 unspecified atom stereocenters. The highest BCUT2D eigenvalue weighted by Crippen LogP contribution is 2.30. The molecule has 1 amide bonds. The zero-order chi connectivity index (χ0) is 21.1. The highest BCUT2D eigenvalue weighted by atomic mass is 19.1. The highest BCUT2D eigenvalue weighted by Gasteiger charge is 2.29. The summed E-state index contributed by atoms with van der Waals surface area (Å²) in [4.78, 5) is 17.1. The predicted molar refractivity (Wildman–Crippen MR) is 113 cm³/mol. The molecule has 0 radical (unpaired) electrons. The molecule has 3 aromatic rings. The molecule has 1 aliphatic rings. The monoisotopic (exact) mass is 406 g/mol. The Kier molecular flexibility index (Phi) is 5.91. The van der Waals surface area contributed by atoms with Gasteiger partial charge in [0.15, 0.2) is 0 Å². The first-order valence-corrected chi connectivity index (χ1v) is 10.1. The molecule has 1 saturated heterocycles. The van der Waals surface area contributed by atoms with Crippen LogP contribution in [0.5, 0.6) is 0 Å². The number of benzene rings is 3. The van der Waals surface area contributed by atoms with Crippen LogP contribution in [0.2, 0.25) is 0 Å². The molecule has 0 aromatic heterocycles. The average Bonchev–Trinajstić information content (AvgIpc) is 2.77. The summed E-state index contributed by atoms with van der Waals surface area (Å²) in [6.45, 7) is 4.51. The minimum atomic E-state index is -0.287. The summed E-state index contributed by atoms with van der Waals surface area (Å²) in [5, 5.41) is 0. The summed E-state index contributed by atoms with van der Waals surface area (Å²) in [6, 6.07) is 20.4. The van der Waals surface area contributed by atoms with Gasteiger partial charge in [-0.15, -0.1) is 0 Å². The minimum Gasteiger partial charge on any atom is -0.336 e. The summed E-state index contributed by atoms with van der Waals surface area (Å²) in [5.41, 5.74) is 3.60. The van der Waals surface area contributed by atoms with Crippen LogP contribution in [0, 0.1) is 18.6 Å². The average molecular weight is 406 g/mol. The van der Waals surface area contributed by atoms with Crippen molar-refractivity contribution in [3.05, 3.63) is 107 Å². The van der Waals surface area contributed by atoms with Crippen molar-refractivity contribution < 1.29 is 13.6 Å². The van der Waals surface area contributed by atoms with Crippen LogP contribution < -0.4 is 0 Å². The van der Waals surface area contributed by atoms with Crippen molar-refractivity contribution in [2.45, 2.75) is 13.0 Å². The lowest BCUT2D eigenvalue weighted by molar-refractivity contribution is 0.0596. The van der Waals surface area contributed by atoms with E-state index in [0.717, 1.165) is 22.3 Å². The van der Waals surface area contributed by atoms with E-state index in [-0.39, 0.29) is 23.6 Å². The fourth-order valence-electron chi connectivity index (χ4n) is 4.07. The number of nitrogens with zero attached hydrogens (tertiary/aromatic N) is 2. The molecule has 0 aliphatic carbocycles. The Morgan fingerprint density at radius 3 is 1.77 bits per heavy atom. The number of carbonyl (C=O) groups is 1. The first kappa shape index (κ1) is 20.2. The molecule has 4 rings (SSSR count). The molecule has 3 aromatic carbocycles. The van der Waals surface area contributed by atoms with Gasteiger partial charge in [0.1, 0.15) is 11.6 Å². The lowest BCUT2D eigenvalue weighted by Gasteiger charge is -2.40. The Hall–Kier alpha value is -3.05. The molecule has 0 spiro atoms. The van der Waals surface area contributed by atoms with Gasteiger partial charge in [-0.1, -0.05) is 42.5 Å². The van der Waals surface area contributed by atoms with Gasteiger partial charge in [0.05, 0.1) is 6.04 Å². The second kappa shape index (κ2) is 8.76. The molecule has 0 saturated carbocycles. The molecule has 0 atom stereocenters. The molecule has 30 heavy (non-hydrogen) atoms. The molecule has 154 valence electrons. The Balaban J connectivity index is 1.55. The number of rotatable bonds is 4. The first-order chi connectivity index (χ1) is 14.5. The van der Waals surface area contributed by atoms with Crippen molar-refractivity contribution in [3.63, 3.8) is 0 Å². The molecular formula is C25H24F2N2O. The second-order valence-corrected chi connectivity index (χ2v) is 7.65. The van der Waals surface area contributed by atoms with Crippen molar-refractivity contribution in [1.29, 1.82) is 0 Å². The fraction of sp³-hybridized carbons (Fsp3) is 0.240. The van der Waals surface area contributed by atoms with Gasteiger partial charge in [-0.25, -0.2) is 8.78 Å². The van der Waals surface area contributed by atoms with Crippen LogP contribution in [0.1, 0.15) is 33.1 Å². The lowest BCUT2D eigenvalue weighted by Crippen LogP contribution is -2.50. The topological polar surface area (TPSA) is 23.6 Å². The zero-order valence-corrected chi connectivity index (χ0v) is 16.9. The quantitative estimate of drug-likeness (QED) is 0.620. The highest BCUT2D eigenvalue weighted by molar-refractivity contribution is 5.95. The van der Waals surface area contributed by atoms with E-state index in [1.54, 1.807) is 24.3 Å². The largest absolute Gasteiger partial charge is 0.336 e. The van der Waals surface area contributed by atoms with Crippen molar-refractivity contribution in [2.24, 2.45) is 0 Å². The fourth-order valence-corrected chi connectivity index (χ4v) is 4.07. The SMILES string of the molecule is Cc1ccccc1C(=O)N1CCN(C(c2ccc(F)cc2)c2ccc(F)cc2)CC1. The number of piperazine rings is 1. The van der Waals surface area contributed by atoms with Crippen molar-refractivity contribution in [1.82, 2.24) is 9.80 Å². The molecule has 3 nitrogen and oxygen atoms in total. The summed E-state index contributed by atoms with van der Waals surface area (Å²) < 4.78 is 26.9. The molecule has 1 aliphatic heterocycles. The number of halogens is 2. The standard InChI is InChI=1S/C25H24F2N2O/c1-18-4-2-3-5-23(18)25(30)29-16-14-28(15-17-29)24(19-6-10-21(26)11-7-19)20-8-12-22(27)13-9-20/h2-13,24H,14-17H2,1H3. The van der Waals surface area contributed by atoms with E-state index in [1.165, 1.54) is 24.3 Å². The van der Waals surface area contributed by atoms with Crippen LogP contribution in [0.4, 0.5) is 8.78 Å². The van der Waals surface area contributed by atoms with Crippen molar-refractivity contribution in [2.75, 3.05) is 26.2 Å². The first-order valence-electron chi connectivity index (χ1n) is 10.1.